The normalized spacial score (nSPS) is 25.9. The molecule has 0 bridgehead atoms. The summed E-state index contributed by atoms with van der Waals surface area (Å²) in [7, 11) is 0. The minimum absolute atomic E-state index is 0.210. The van der Waals surface area contributed by atoms with Gasteiger partial charge in [-0.05, 0) is 44.5 Å². The number of rotatable bonds is 4. The monoisotopic (exact) mass is 247 g/mol. The number of carbonyl (C=O) groups excluding carboxylic acids is 1. The van der Waals surface area contributed by atoms with Crippen LogP contribution in [-0.4, -0.2) is 59.3 Å². The van der Waals surface area contributed by atoms with E-state index in [0.717, 1.165) is 18.8 Å². The van der Waals surface area contributed by atoms with Gasteiger partial charge >= 0.3 is 0 Å². The van der Waals surface area contributed by atoms with Crippen LogP contribution in [0.25, 0.3) is 0 Å². The zero-order valence-corrected chi connectivity index (χ0v) is 10.8. The SMILES string of the molecule is O=C(CN1CCC(N2CCCC2)C1)c1ccc[nH]1. The van der Waals surface area contributed by atoms with Crippen LogP contribution in [0, 0.1) is 0 Å². The Morgan fingerprint density at radius 3 is 2.89 bits per heavy atom. The minimum atomic E-state index is 0.210. The number of likely N-dealkylation sites (tertiary alicyclic amines) is 2. The van der Waals surface area contributed by atoms with Crippen LogP contribution in [0.5, 0.6) is 0 Å². The van der Waals surface area contributed by atoms with E-state index in [9.17, 15) is 4.79 Å². The van der Waals surface area contributed by atoms with Crippen molar-refractivity contribution < 1.29 is 4.79 Å². The predicted molar refractivity (Wildman–Crippen MR) is 70.8 cm³/mol. The fourth-order valence-electron chi connectivity index (χ4n) is 3.15. The Kier molecular flexibility index (Phi) is 3.48. The minimum Gasteiger partial charge on any atom is -0.359 e. The highest BCUT2D eigenvalue weighted by atomic mass is 16.1. The van der Waals surface area contributed by atoms with Gasteiger partial charge in [-0.25, -0.2) is 0 Å². The molecule has 1 unspecified atom stereocenters. The molecule has 2 saturated heterocycles. The molecule has 1 N–H and O–H groups in total. The Labute approximate surface area is 108 Å². The van der Waals surface area contributed by atoms with Gasteiger partial charge in [-0.15, -0.1) is 0 Å². The number of H-pyrrole nitrogens is 1. The molecule has 2 fully saturated rings. The van der Waals surface area contributed by atoms with Crippen molar-refractivity contribution in [1.82, 2.24) is 14.8 Å². The van der Waals surface area contributed by atoms with Crippen molar-refractivity contribution in [2.45, 2.75) is 25.3 Å². The number of aromatic amines is 1. The average molecular weight is 247 g/mol. The van der Waals surface area contributed by atoms with Crippen molar-refractivity contribution in [3.63, 3.8) is 0 Å². The van der Waals surface area contributed by atoms with Crippen LogP contribution in [0.4, 0.5) is 0 Å². The standard InChI is InChI=1S/C14H21N3O/c18-14(13-4-3-6-15-13)11-16-9-5-12(10-16)17-7-1-2-8-17/h3-4,6,12,15H,1-2,5,7-11H2. The van der Waals surface area contributed by atoms with Gasteiger partial charge in [-0.3, -0.25) is 14.6 Å². The Hall–Kier alpha value is -1.13. The third kappa shape index (κ3) is 2.49. The predicted octanol–water partition coefficient (Wildman–Crippen LogP) is 1.37. The second kappa shape index (κ2) is 5.24. The molecule has 4 nitrogen and oxygen atoms in total. The second-order valence-electron chi connectivity index (χ2n) is 5.43. The van der Waals surface area contributed by atoms with E-state index in [0.29, 0.717) is 12.6 Å². The Morgan fingerprint density at radius 2 is 2.17 bits per heavy atom. The van der Waals surface area contributed by atoms with Crippen molar-refractivity contribution in [3.05, 3.63) is 24.0 Å². The maximum absolute atomic E-state index is 12.0. The molecule has 2 aliphatic heterocycles. The van der Waals surface area contributed by atoms with E-state index in [1.165, 1.54) is 32.4 Å². The molecule has 0 aromatic carbocycles. The zero-order chi connectivity index (χ0) is 12.4. The van der Waals surface area contributed by atoms with Crippen molar-refractivity contribution in [2.24, 2.45) is 0 Å². The molecule has 0 aliphatic carbocycles. The van der Waals surface area contributed by atoms with Crippen molar-refractivity contribution >= 4 is 5.78 Å². The summed E-state index contributed by atoms with van der Waals surface area (Å²) in [6, 6.07) is 4.42. The molecule has 1 aromatic rings. The smallest absolute Gasteiger partial charge is 0.192 e. The maximum atomic E-state index is 12.0. The summed E-state index contributed by atoms with van der Waals surface area (Å²) in [4.78, 5) is 19.9. The van der Waals surface area contributed by atoms with Crippen molar-refractivity contribution in [2.75, 3.05) is 32.7 Å². The van der Waals surface area contributed by atoms with Crippen LogP contribution in [0.2, 0.25) is 0 Å². The topological polar surface area (TPSA) is 39.3 Å². The van der Waals surface area contributed by atoms with E-state index in [1.54, 1.807) is 0 Å². The molecule has 18 heavy (non-hydrogen) atoms. The lowest BCUT2D eigenvalue weighted by Gasteiger charge is -2.23. The molecule has 98 valence electrons. The van der Waals surface area contributed by atoms with Crippen LogP contribution in [-0.2, 0) is 0 Å². The van der Waals surface area contributed by atoms with Crippen molar-refractivity contribution in [3.8, 4) is 0 Å². The number of hydrogen-bond acceptors (Lipinski definition) is 3. The van der Waals surface area contributed by atoms with E-state index in [2.05, 4.69) is 14.8 Å². The molecule has 0 amide bonds. The van der Waals surface area contributed by atoms with Gasteiger partial charge in [0.2, 0.25) is 0 Å². The molecule has 3 heterocycles. The molecular weight excluding hydrogens is 226 g/mol. The van der Waals surface area contributed by atoms with Gasteiger partial charge in [0.15, 0.2) is 5.78 Å². The number of nitrogens with one attached hydrogen (secondary N) is 1. The fraction of sp³-hybridized carbons (Fsp3) is 0.643. The summed E-state index contributed by atoms with van der Waals surface area (Å²) >= 11 is 0. The lowest BCUT2D eigenvalue weighted by Crippen LogP contribution is -2.36. The fourth-order valence-corrected chi connectivity index (χ4v) is 3.15. The third-order valence-electron chi connectivity index (χ3n) is 4.17. The van der Waals surface area contributed by atoms with Crippen LogP contribution >= 0.6 is 0 Å². The number of carbonyl (C=O) groups is 1. The van der Waals surface area contributed by atoms with E-state index < -0.39 is 0 Å². The maximum Gasteiger partial charge on any atom is 0.192 e. The number of hydrogen-bond donors (Lipinski definition) is 1. The molecule has 0 spiro atoms. The molecule has 1 atom stereocenters. The summed E-state index contributed by atoms with van der Waals surface area (Å²) in [5.41, 5.74) is 0.736. The van der Waals surface area contributed by atoms with Crippen LogP contribution in [0.15, 0.2) is 18.3 Å². The van der Waals surface area contributed by atoms with Gasteiger partial charge in [-0.2, -0.15) is 0 Å². The molecule has 2 aliphatic rings. The first-order valence-electron chi connectivity index (χ1n) is 6.96. The third-order valence-corrected chi connectivity index (χ3v) is 4.17. The first kappa shape index (κ1) is 11.9. The van der Waals surface area contributed by atoms with Crippen molar-refractivity contribution in [1.29, 1.82) is 0 Å². The molecule has 3 rings (SSSR count). The van der Waals surface area contributed by atoms with Gasteiger partial charge in [0.1, 0.15) is 0 Å². The summed E-state index contributed by atoms with van der Waals surface area (Å²) in [5, 5.41) is 0. The second-order valence-corrected chi connectivity index (χ2v) is 5.43. The van der Waals surface area contributed by atoms with Gasteiger partial charge < -0.3 is 4.98 Å². The summed E-state index contributed by atoms with van der Waals surface area (Å²) < 4.78 is 0. The van der Waals surface area contributed by atoms with E-state index in [4.69, 9.17) is 0 Å². The van der Waals surface area contributed by atoms with E-state index >= 15 is 0 Å². The van der Waals surface area contributed by atoms with Crippen LogP contribution in [0.1, 0.15) is 29.8 Å². The zero-order valence-electron chi connectivity index (χ0n) is 10.8. The molecule has 4 heteroatoms. The highest BCUT2D eigenvalue weighted by molar-refractivity contribution is 5.95. The molecule has 0 saturated carbocycles. The molecule has 0 radical (unpaired) electrons. The van der Waals surface area contributed by atoms with E-state index in [1.807, 2.05) is 18.3 Å². The van der Waals surface area contributed by atoms with Crippen LogP contribution in [0.3, 0.4) is 0 Å². The Morgan fingerprint density at radius 1 is 1.33 bits per heavy atom. The number of nitrogens with zero attached hydrogens (tertiary/aromatic N) is 2. The molecular formula is C14H21N3O. The first-order valence-corrected chi connectivity index (χ1v) is 6.96. The summed E-state index contributed by atoms with van der Waals surface area (Å²) in [6.45, 7) is 5.19. The highest BCUT2D eigenvalue weighted by Crippen LogP contribution is 2.20. The number of Topliss-reactive ketones (excluding diaryl/α,β-unsaturated/α-hetero) is 1. The largest absolute Gasteiger partial charge is 0.359 e. The Balaban J connectivity index is 1.51. The highest BCUT2D eigenvalue weighted by Gasteiger charge is 2.30. The van der Waals surface area contributed by atoms with Gasteiger partial charge in [0.05, 0.1) is 12.2 Å². The molecule has 1 aromatic heterocycles. The van der Waals surface area contributed by atoms with Gasteiger partial charge in [0.25, 0.3) is 0 Å². The Bertz CT molecular complexity index is 395. The quantitative estimate of drug-likeness (QED) is 0.817. The summed E-state index contributed by atoms with van der Waals surface area (Å²) in [6.07, 6.45) is 5.72. The average Bonchev–Trinajstić information content (AvgIpc) is 3.12. The first-order chi connectivity index (χ1) is 8.83. The van der Waals surface area contributed by atoms with E-state index in [-0.39, 0.29) is 5.78 Å². The lowest BCUT2D eigenvalue weighted by molar-refractivity contribution is 0.0936. The number of aromatic nitrogens is 1. The van der Waals surface area contributed by atoms with Gasteiger partial charge in [-0.1, -0.05) is 0 Å². The summed E-state index contributed by atoms with van der Waals surface area (Å²) in [5.74, 6) is 0.210. The lowest BCUT2D eigenvalue weighted by atomic mass is 10.2. The van der Waals surface area contributed by atoms with Crippen LogP contribution < -0.4 is 0 Å². The van der Waals surface area contributed by atoms with Gasteiger partial charge in [0, 0.05) is 25.3 Å². The number of ketones is 1.